The van der Waals surface area contributed by atoms with Crippen molar-refractivity contribution in [2.45, 2.75) is 56.7 Å². The van der Waals surface area contributed by atoms with Crippen molar-refractivity contribution in [3.63, 3.8) is 0 Å². The third-order valence-electron chi connectivity index (χ3n) is 4.89. The molecule has 0 aromatic carbocycles. The van der Waals surface area contributed by atoms with Crippen LogP contribution in [0.1, 0.15) is 38.5 Å². The average Bonchev–Trinajstić information content (AvgIpc) is 3.21. The van der Waals surface area contributed by atoms with Crippen molar-refractivity contribution in [2.75, 3.05) is 19.6 Å². The lowest BCUT2D eigenvalue weighted by Gasteiger charge is -2.26. The van der Waals surface area contributed by atoms with Crippen molar-refractivity contribution in [3.8, 4) is 0 Å². The molecule has 14 nitrogen and oxygen atoms in total. The lowest BCUT2D eigenvalue weighted by atomic mass is 10.1. The fourth-order valence-electron chi connectivity index (χ4n) is 3.20. The number of hydrogen-bond donors (Lipinski definition) is 7. The van der Waals surface area contributed by atoms with E-state index in [0.29, 0.717) is 32.2 Å². The van der Waals surface area contributed by atoms with Gasteiger partial charge in [0.2, 0.25) is 23.6 Å². The highest BCUT2D eigenvalue weighted by molar-refractivity contribution is 5.93. The molecule has 0 aromatic rings. The summed E-state index contributed by atoms with van der Waals surface area (Å²) in [4.78, 5) is 64.4. The highest BCUT2D eigenvalue weighted by atomic mass is 16.4. The summed E-state index contributed by atoms with van der Waals surface area (Å²) in [6.07, 6.45) is 1.32. The Morgan fingerprint density at radius 2 is 1.81 bits per heavy atom. The Kier molecular flexibility index (Phi) is 10.9. The van der Waals surface area contributed by atoms with Gasteiger partial charge in [-0.15, -0.1) is 0 Å². The molecule has 1 aliphatic rings. The van der Waals surface area contributed by atoms with E-state index >= 15 is 0 Å². The standard InChI is InChI=1S/C18H32N8O6/c19-10(3-1-7-23-18(21)22)15(29)24-9-14(28)26-8-2-4-12(26)16(30)25-11(17(31)32)5-6-13(20)27/h10-12H,1-9,19H2,(H2,20,27)(H,24,29)(H,25,30)(H,31,32)(H4,21,22,23). The SMILES string of the molecule is NC(=O)CCC(NC(=O)C1CCCN1C(=O)CNC(=O)C(N)CCCN=C(N)N)C(=O)O. The van der Waals surface area contributed by atoms with Crippen LogP contribution in [0.4, 0.5) is 0 Å². The van der Waals surface area contributed by atoms with Gasteiger partial charge < -0.3 is 43.6 Å². The van der Waals surface area contributed by atoms with Crippen LogP contribution in [0.25, 0.3) is 0 Å². The van der Waals surface area contributed by atoms with Gasteiger partial charge in [0.25, 0.3) is 0 Å². The van der Waals surface area contributed by atoms with Crippen molar-refractivity contribution in [1.29, 1.82) is 0 Å². The number of primary amides is 1. The second-order valence-corrected chi connectivity index (χ2v) is 7.42. The molecule has 1 fully saturated rings. The number of nitrogens with zero attached hydrogens (tertiary/aromatic N) is 2. The van der Waals surface area contributed by atoms with Gasteiger partial charge in [-0.25, -0.2) is 4.79 Å². The van der Waals surface area contributed by atoms with Crippen molar-refractivity contribution in [3.05, 3.63) is 0 Å². The number of rotatable bonds is 13. The molecule has 32 heavy (non-hydrogen) atoms. The number of carboxylic acid groups (broad SMARTS) is 1. The molecule has 0 bridgehead atoms. The first kappa shape index (κ1) is 26.6. The number of amides is 4. The first-order valence-corrected chi connectivity index (χ1v) is 10.2. The topological polar surface area (TPSA) is 249 Å². The van der Waals surface area contributed by atoms with Gasteiger partial charge in [0.1, 0.15) is 12.1 Å². The molecule has 3 atom stereocenters. The maximum Gasteiger partial charge on any atom is 0.326 e. The summed E-state index contributed by atoms with van der Waals surface area (Å²) in [5, 5.41) is 14.0. The third kappa shape index (κ3) is 9.16. The number of nitrogens with two attached hydrogens (primary N) is 4. The molecule has 0 aliphatic carbocycles. The highest BCUT2D eigenvalue weighted by Gasteiger charge is 2.35. The van der Waals surface area contributed by atoms with Gasteiger partial charge in [0.05, 0.1) is 12.6 Å². The number of aliphatic carboxylic acids is 1. The smallest absolute Gasteiger partial charge is 0.326 e. The minimum Gasteiger partial charge on any atom is -0.480 e. The first-order valence-electron chi connectivity index (χ1n) is 10.2. The molecule has 3 unspecified atom stereocenters. The summed E-state index contributed by atoms with van der Waals surface area (Å²) in [5.74, 6) is -3.71. The summed E-state index contributed by atoms with van der Waals surface area (Å²) >= 11 is 0. The zero-order valence-corrected chi connectivity index (χ0v) is 17.8. The van der Waals surface area contributed by atoms with Crippen molar-refractivity contribution < 1.29 is 29.1 Å². The van der Waals surface area contributed by atoms with Crippen LogP contribution in [-0.2, 0) is 24.0 Å². The fraction of sp³-hybridized carbons (Fsp3) is 0.667. The largest absolute Gasteiger partial charge is 0.480 e. The summed E-state index contributed by atoms with van der Waals surface area (Å²) < 4.78 is 0. The minimum absolute atomic E-state index is 0.0552. The third-order valence-corrected chi connectivity index (χ3v) is 4.89. The number of guanidine groups is 1. The van der Waals surface area contributed by atoms with E-state index in [-0.39, 0.29) is 31.9 Å². The molecule has 1 heterocycles. The molecule has 14 heteroatoms. The molecule has 11 N–H and O–H groups in total. The molecular weight excluding hydrogens is 424 g/mol. The van der Waals surface area contributed by atoms with Gasteiger partial charge in [0.15, 0.2) is 5.96 Å². The Bertz CT molecular complexity index is 739. The zero-order valence-electron chi connectivity index (χ0n) is 17.8. The average molecular weight is 457 g/mol. The van der Waals surface area contributed by atoms with Crippen LogP contribution in [0.3, 0.4) is 0 Å². The molecule has 0 spiro atoms. The maximum atomic E-state index is 12.5. The number of hydrogen-bond acceptors (Lipinski definition) is 7. The Morgan fingerprint density at radius 3 is 2.41 bits per heavy atom. The van der Waals surface area contributed by atoms with Gasteiger partial charge >= 0.3 is 5.97 Å². The Labute approximate surface area is 185 Å². The fourth-order valence-corrected chi connectivity index (χ4v) is 3.20. The number of carboxylic acids is 1. The van der Waals surface area contributed by atoms with Crippen LogP contribution >= 0.6 is 0 Å². The Hall–Kier alpha value is -3.42. The summed E-state index contributed by atoms with van der Waals surface area (Å²) in [6, 6.07) is -3.02. The normalized spacial score (nSPS) is 17.2. The summed E-state index contributed by atoms with van der Waals surface area (Å²) in [7, 11) is 0. The monoisotopic (exact) mass is 456 g/mol. The van der Waals surface area contributed by atoms with Crippen LogP contribution in [0, 0.1) is 0 Å². The quantitative estimate of drug-likeness (QED) is 0.0817. The highest BCUT2D eigenvalue weighted by Crippen LogP contribution is 2.18. The van der Waals surface area contributed by atoms with E-state index in [0.717, 1.165) is 0 Å². The van der Waals surface area contributed by atoms with E-state index in [1.165, 1.54) is 4.90 Å². The number of carbonyl (C=O) groups is 5. The molecule has 1 aliphatic heterocycles. The van der Waals surface area contributed by atoms with Gasteiger partial charge in [-0.2, -0.15) is 0 Å². The molecular formula is C18H32N8O6. The predicted molar refractivity (Wildman–Crippen MR) is 114 cm³/mol. The second kappa shape index (κ2) is 13.1. The van der Waals surface area contributed by atoms with Gasteiger partial charge in [-0.3, -0.25) is 24.2 Å². The van der Waals surface area contributed by atoms with E-state index in [2.05, 4.69) is 15.6 Å². The number of carbonyl (C=O) groups excluding carboxylic acids is 4. The van der Waals surface area contributed by atoms with Gasteiger partial charge in [0, 0.05) is 19.5 Å². The molecule has 4 amide bonds. The molecule has 0 radical (unpaired) electrons. The van der Waals surface area contributed by atoms with Crippen LogP contribution in [0.5, 0.6) is 0 Å². The number of aliphatic imine (C=N–C) groups is 1. The van der Waals surface area contributed by atoms with Crippen LogP contribution in [0.2, 0.25) is 0 Å². The van der Waals surface area contributed by atoms with Crippen LogP contribution < -0.4 is 33.6 Å². The summed E-state index contributed by atoms with van der Waals surface area (Å²) in [5.41, 5.74) is 21.2. The molecule has 1 rings (SSSR count). The lowest BCUT2D eigenvalue weighted by molar-refractivity contribution is -0.144. The van der Waals surface area contributed by atoms with Crippen LogP contribution in [0.15, 0.2) is 4.99 Å². The van der Waals surface area contributed by atoms with E-state index in [1.807, 2.05) is 0 Å². The lowest BCUT2D eigenvalue weighted by Crippen LogP contribution is -2.53. The van der Waals surface area contributed by atoms with Crippen LogP contribution in [-0.4, -0.2) is 83.3 Å². The molecule has 1 saturated heterocycles. The number of likely N-dealkylation sites (tertiary alicyclic amines) is 1. The predicted octanol–water partition coefficient (Wildman–Crippen LogP) is -3.69. The molecule has 180 valence electrons. The molecule has 0 saturated carbocycles. The summed E-state index contributed by atoms with van der Waals surface area (Å²) in [6.45, 7) is 0.258. The molecule has 0 aromatic heterocycles. The minimum atomic E-state index is -1.31. The van der Waals surface area contributed by atoms with Gasteiger partial charge in [-0.05, 0) is 32.1 Å². The maximum absolute atomic E-state index is 12.5. The van der Waals surface area contributed by atoms with Crippen molar-refractivity contribution in [1.82, 2.24) is 15.5 Å². The van der Waals surface area contributed by atoms with Crippen molar-refractivity contribution >= 4 is 35.6 Å². The zero-order chi connectivity index (χ0) is 24.3. The van der Waals surface area contributed by atoms with Gasteiger partial charge in [-0.1, -0.05) is 0 Å². The van der Waals surface area contributed by atoms with E-state index in [4.69, 9.17) is 22.9 Å². The Morgan fingerprint density at radius 1 is 1.12 bits per heavy atom. The van der Waals surface area contributed by atoms with E-state index < -0.39 is 47.7 Å². The first-order chi connectivity index (χ1) is 15.0. The van der Waals surface area contributed by atoms with E-state index in [1.54, 1.807) is 0 Å². The Balaban J connectivity index is 2.55. The van der Waals surface area contributed by atoms with E-state index in [9.17, 15) is 29.1 Å². The number of nitrogens with one attached hydrogen (secondary N) is 2. The van der Waals surface area contributed by atoms with Crippen molar-refractivity contribution in [2.24, 2.45) is 27.9 Å². The second-order valence-electron chi connectivity index (χ2n) is 7.42.